The van der Waals surface area contributed by atoms with Crippen LogP contribution in [0.15, 0.2) is 29.0 Å². The minimum Gasteiger partial charge on any atom is -0.496 e. The highest BCUT2D eigenvalue weighted by Crippen LogP contribution is 2.34. The molecule has 1 aromatic carbocycles. The van der Waals surface area contributed by atoms with E-state index >= 15 is 0 Å². The van der Waals surface area contributed by atoms with Crippen LogP contribution in [0.3, 0.4) is 0 Å². The van der Waals surface area contributed by atoms with E-state index in [4.69, 9.17) is 32.4 Å². The molecule has 0 saturated heterocycles. The number of aromatic nitrogens is 1. The predicted octanol–water partition coefficient (Wildman–Crippen LogP) is 3.74. The second-order valence-corrected chi connectivity index (χ2v) is 3.81. The highest BCUT2D eigenvalue weighted by molar-refractivity contribution is 6.31. The van der Waals surface area contributed by atoms with Gasteiger partial charge in [-0.3, -0.25) is 0 Å². The topological polar surface area (TPSA) is 35.3 Å². The highest BCUT2D eigenvalue weighted by Gasteiger charge is 2.14. The summed E-state index contributed by atoms with van der Waals surface area (Å²) < 4.78 is 10.5. The molecule has 2 rings (SSSR count). The van der Waals surface area contributed by atoms with Gasteiger partial charge in [0.15, 0.2) is 12.2 Å². The Morgan fingerprint density at radius 2 is 2.25 bits per heavy atom. The smallest absolute Gasteiger partial charge is 0.181 e. The first kappa shape index (κ1) is 11.3. The Morgan fingerprint density at radius 1 is 1.44 bits per heavy atom. The summed E-state index contributed by atoms with van der Waals surface area (Å²) in [4.78, 5) is 4.02. The molecule has 0 radical (unpaired) electrons. The Morgan fingerprint density at radius 3 is 2.94 bits per heavy atom. The van der Waals surface area contributed by atoms with Gasteiger partial charge in [0.1, 0.15) is 11.4 Å². The summed E-state index contributed by atoms with van der Waals surface area (Å²) in [6, 6.07) is 5.29. The van der Waals surface area contributed by atoms with Crippen molar-refractivity contribution in [1.82, 2.24) is 4.98 Å². The van der Waals surface area contributed by atoms with Crippen LogP contribution in [0.1, 0.15) is 5.69 Å². The number of methoxy groups -OCH3 is 1. The molecular weight excluding hydrogens is 249 g/mol. The summed E-state index contributed by atoms with van der Waals surface area (Å²) in [5.74, 6) is 1.54. The SMILES string of the molecule is COc1ccc(Cl)cc1-c1ocnc1CCl. The van der Waals surface area contributed by atoms with Crippen molar-refractivity contribution in [3.63, 3.8) is 0 Å². The van der Waals surface area contributed by atoms with Crippen molar-refractivity contribution in [2.24, 2.45) is 0 Å². The average Bonchev–Trinajstić information content (AvgIpc) is 2.76. The van der Waals surface area contributed by atoms with Crippen LogP contribution in [0, 0.1) is 0 Å². The summed E-state index contributed by atoms with van der Waals surface area (Å²) in [6.07, 6.45) is 1.35. The molecule has 0 N–H and O–H groups in total. The molecule has 0 amide bonds. The number of hydrogen-bond donors (Lipinski definition) is 0. The Labute approximate surface area is 103 Å². The van der Waals surface area contributed by atoms with Crippen LogP contribution in [0.5, 0.6) is 5.75 Å². The van der Waals surface area contributed by atoms with E-state index in [9.17, 15) is 0 Å². The van der Waals surface area contributed by atoms with Crippen LogP contribution >= 0.6 is 23.2 Å². The Balaban J connectivity index is 2.58. The molecule has 16 heavy (non-hydrogen) atoms. The summed E-state index contributed by atoms with van der Waals surface area (Å²) in [6.45, 7) is 0. The first-order valence-electron chi connectivity index (χ1n) is 4.58. The van der Waals surface area contributed by atoms with Gasteiger partial charge in [-0.25, -0.2) is 4.98 Å². The van der Waals surface area contributed by atoms with E-state index in [1.54, 1.807) is 25.3 Å². The van der Waals surface area contributed by atoms with Crippen molar-refractivity contribution in [3.05, 3.63) is 35.3 Å². The van der Waals surface area contributed by atoms with Crippen molar-refractivity contribution in [2.75, 3.05) is 7.11 Å². The zero-order valence-electron chi connectivity index (χ0n) is 8.54. The third-order valence-corrected chi connectivity index (χ3v) is 2.66. The largest absolute Gasteiger partial charge is 0.496 e. The monoisotopic (exact) mass is 257 g/mol. The van der Waals surface area contributed by atoms with Gasteiger partial charge in [0.25, 0.3) is 0 Å². The summed E-state index contributed by atoms with van der Waals surface area (Å²) in [5.41, 5.74) is 1.42. The summed E-state index contributed by atoms with van der Waals surface area (Å²) >= 11 is 11.7. The Hall–Kier alpha value is -1.19. The van der Waals surface area contributed by atoms with Gasteiger partial charge in [0.2, 0.25) is 0 Å². The van der Waals surface area contributed by atoms with Gasteiger partial charge in [-0.05, 0) is 18.2 Å². The van der Waals surface area contributed by atoms with Crippen molar-refractivity contribution >= 4 is 23.2 Å². The lowest BCUT2D eigenvalue weighted by Gasteiger charge is -2.07. The maximum Gasteiger partial charge on any atom is 0.181 e. The fourth-order valence-electron chi connectivity index (χ4n) is 1.44. The van der Waals surface area contributed by atoms with Crippen molar-refractivity contribution < 1.29 is 9.15 Å². The number of halogens is 2. The quantitative estimate of drug-likeness (QED) is 0.786. The number of benzene rings is 1. The van der Waals surface area contributed by atoms with Crippen LogP contribution in [0.4, 0.5) is 0 Å². The molecule has 0 aliphatic heterocycles. The molecule has 1 aromatic heterocycles. The highest BCUT2D eigenvalue weighted by atomic mass is 35.5. The van der Waals surface area contributed by atoms with E-state index in [0.717, 1.165) is 5.56 Å². The number of hydrogen-bond acceptors (Lipinski definition) is 3. The molecule has 0 saturated carbocycles. The fraction of sp³-hybridized carbons (Fsp3) is 0.182. The van der Waals surface area contributed by atoms with E-state index in [2.05, 4.69) is 4.98 Å². The van der Waals surface area contributed by atoms with Crippen molar-refractivity contribution in [2.45, 2.75) is 5.88 Å². The maximum atomic E-state index is 5.94. The molecule has 0 spiro atoms. The van der Waals surface area contributed by atoms with Crippen LogP contribution < -0.4 is 4.74 Å². The van der Waals surface area contributed by atoms with Crippen molar-refractivity contribution in [3.8, 4) is 17.1 Å². The lowest BCUT2D eigenvalue weighted by Crippen LogP contribution is -1.89. The Bertz CT molecular complexity index is 496. The molecule has 3 nitrogen and oxygen atoms in total. The summed E-state index contributed by atoms with van der Waals surface area (Å²) in [5, 5.41) is 0.604. The molecule has 0 aliphatic carbocycles. The number of rotatable bonds is 3. The number of nitrogens with zero attached hydrogens (tertiary/aromatic N) is 1. The molecule has 5 heteroatoms. The molecule has 0 unspecified atom stereocenters. The molecule has 0 fully saturated rings. The number of ether oxygens (including phenoxy) is 1. The van der Waals surface area contributed by atoms with Gasteiger partial charge in [-0.15, -0.1) is 11.6 Å². The van der Waals surface area contributed by atoms with E-state index in [-0.39, 0.29) is 5.88 Å². The zero-order chi connectivity index (χ0) is 11.5. The molecule has 2 aromatic rings. The Kier molecular flexibility index (Phi) is 3.36. The van der Waals surface area contributed by atoms with Crippen molar-refractivity contribution in [1.29, 1.82) is 0 Å². The molecule has 84 valence electrons. The van der Waals surface area contributed by atoms with Crippen LogP contribution in [0.25, 0.3) is 11.3 Å². The maximum absolute atomic E-state index is 5.94. The number of alkyl halides is 1. The van der Waals surface area contributed by atoms with E-state index in [1.807, 2.05) is 0 Å². The van der Waals surface area contributed by atoms with Crippen LogP contribution in [-0.2, 0) is 5.88 Å². The molecular formula is C11H9Cl2NO2. The normalized spacial score (nSPS) is 10.4. The van der Waals surface area contributed by atoms with Crippen LogP contribution in [0.2, 0.25) is 5.02 Å². The second kappa shape index (κ2) is 4.76. The van der Waals surface area contributed by atoms with Gasteiger partial charge in [-0.2, -0.15) is 0 Å². The average molecular weight is 258 g/mol. The minimum atomic E-state index is 0.279. The van der Waals surface area contributed by atoms with E-state index < -0.39 is 0 Å². The van der Waals surface area contributed by atoms with Gasteiger partial charge >= 0.3 is 0 Å². The minimum absolute atomic E-state index is 0.279. The van der Waals surface area contributed by atoms with Gasteiger partial charge < -0.3 is 9.15 Å². The van der Waals surface area contributed by atoms with E-state index in [0.29, 0.717) is 22.2 Å². The lowest BCUT2D eigenvalue weighted by molar-refractivity contribution is 0.414. The third-order valence-electron chi connectivity index (χ3n) is 2.17. The molecule has 0 bridgehead atoms. The molecule has 0 aliphatic rings. The van der Waals surface area contributed by atoms with Gasteiger partial charge in [0.05, 0.1) is 18.6 Å². The third kappa shape index (κ3) is 2.01. The lowest BCUT2D eigenvalue weighted by atomic mass is 10.1. The fourth-order valence-corrected chi connectivity index (χ4v) is 1.80. The first-order valence-corrected chi connectivity index (χ1v) is 5.49. The second-order valence-electron chi connectivity index (χ2n) is 3.11. The standard InChI is InChI=1S/C11H9Cl2NO2/c1-15-10-3-2-7(13)4-8(10)11-9(5-12)14-6-16-11/h2-4,6H,5H2,1H3. The molecule has 0 atom stereocenters. The summed E-state index contributed by atoms with van der Waals surface area (Å²) in [7, 11) is 1.59. The predicted molar refractivity (Wildman–Crippen MR) is 63.1 cm³/mol. The molecule has 1 heterocycles. The van der Waals surface area contributed by atoms with Crippen LogP contribution in [-0.4, -0.2) is 12.1 Å². The zero-order valence-corrected chi connectivity index (χ0v) is 10.0. The number of oxazole rings is 1. The van der Waals surface area contributed by atoms with E-state index in [1.165, 1.54) is 6.39 Å². The van der Waals surface area contributed by atoms with Gasteiger partial charge in [0, 0.05) is 5.02 Å². The first-order chi connectivity index (χ1) is 7.76. The van der Waals surface area contributed by atoms with Gasteiger partial charge in [-0.1, -0.05) is 11.6 Å².